The standard InChI is InChI=1S/C16H25NO6/c1-12(18)21-9-10-22-14(19)11-13-5-7-17(8-6-13)15(20)23-16(2,3)4/h11H,5-10H2,1-4H3. The van der Waals surface area contributed by atoms with Crippen LogP contribution in [0.25, 0.3) is 0 Å². The van der Waals surface area contributed by atoms with Gasteiger partial charge in [-0.1, -0.05) is 5.57 Å². The number of esters is 2. The molecule has 1 saturated heterocycles. The zero-order valence-electron chi connectivity index (χ0n) is 14.2. The summed E-state index contributed by atoms with van der Waals surface area (Å²) in [7, 11) is 0. The Morgan fingerprint density at radius 2 is 1.65 bits per heavy atom. The molecule has 0 N–H and O–H groups in total. The minimum atomic E-state index is -0.515. The molecule has 1 aliphatic rings. The monoisotopic (exact) mass is 327 g/mol. The molecule has 0 unspecified atom stereocenters. The lowest BCUT2D eigenvalue weighted by molar-refractivity contribution is -0.147. The molecule has 0 aromatic rings. The number of piperidine rings is 1. The van der Waals surface area contributed by atoms with Gasteiger partial charge < -0.3 is 19.1 Å². The maximum absolute atomic E-state index is 11.9. The fraction of sp³-hybridized carbons (Fsp3) is 0.688. The van der Waals surface area contributed by atoms with Crippen molar-refractivity contribution in [3.8, 4) is 0 Å². The van der Waals surface area contributed by atoms with Gasteiger partial charge in [0, 0.05) is 26.1 Å². The van der Waals surface area contributed by atoms with E-state index in [1.807, 2.05) is 20.8 Å². The van der Waals surface area contributed by atoms with E-state index in [9.17, 15) is 14.4 Å². The molecule has 1 rings (SSSR count). The Kier molecular flexibility index (Phi) is 7.06. The second-order valence-corrected chi connectivity index (χ2v) is 6.28. The Morgan fingerprint density at radius 1 is 1.09 bits per heavy atom. The van der Waals surface area contributed by atoms with Crippen LogP contribution in [0.5, 0.6) is 0 Å². The van der Waals surface area contributed by atoms with Crippen molar-refractivity contribution in [2.75, 3.05) is 26.3 Å². The van der Waals surface area contributed by atoms with Crippen LogP contribution < -0.4 is 0 Å². The van der Waals surface area contributed by atoms with Gasteiger partial charge in [0.15, 0.2) is 0 Å². The number of nitrogens with zero attached hydrogens (tertiary/aromatic N) is 1. The van der Waals surface area contributed by atoms with Gasteiger partial charge in [0.2, 0.25) is 0 Å². The average molecular weight is 327 g/mol. The van der Waals surface area contributed by atoms with Crippen LogP contribution in [-0.2, 0) is 23.8 Å². The molecule has 130 valence electrons. The second kappa shape index (κ2) is 8.55. The van der Waals surface area contributed by atoms with Crippen molar-refractivity contribution in [1.82, 2.24) is 4.90 Å². The van der Waals surface area contributed by atoms with Crippen molar-refractivity contribution in [1.29, 1.82) is 0 Å². The molecule has 0 aromatic heterocycles. The summed E-state index contributed by atoms with van der Waals surface area (Å²) < 4.78 is 14.9. The van der Waals surface area contributed by atoms with Crippen molar-refractivity contribution < 1.29 is 28.6 Å². The van der Waals surface area contributed by atoms with Crippen LogP contribution in [0.4, 0.5) is 4.79 Å². The second-order valence-electron chi connectivity index (χ2n) is 6.28. The van der Waals surface area contributed by atoms with Crippen LogP contribution in [0, 0.1) is 0 Å². The summed E-state index contributed by atoms with van der Waals surface area (Å²) in [5.41, 5.74) is 0.418. The van der Waals surface area contributed by atoms with Gasteiger partial charge >= 0.3 is 18.0 Å². The van der Waals surface area contributed by atoms with Gasteiger partial charge in [0.25, 0.3) is 0 Å². The number of hydrogen-bond donors (Lipinski definition) is 0. The summed E-state index contributed by atoms with van der Waals surface area (Å²) in [5.74, 6) is -0.869. The lowest BCUT2D eigenvalue weighted by atomic mass is 10.0. The molecule has 23 heavy (non-hydrogen) atoms. The first-order valence-corrected chi connectivity index (χ1v) is 7.65. The third-order valence-corrected chi connectivity index (χ3v) is 3.01. The number of hydrogen-bond acceptors (Lipinski definition) is 6. The van der Waals surface area contributed by atoms with Gasteiger partial charge in [-0.3, -0.25) is 4.79 Å². The van der Waals surface area contributed by atoms with E-state index in [2.05, 4.69) is 4.74 Å². The number of carbonyl (C=O) groups is 3. The van der Waals surface area contributed by atoms with E-state index in [1.165, 1.54) is 13.0 Å². The van der Waals surface area contributed by atoms with Gasteiger partial charge in [-0.05, 0) is 33.6 Å². The lowest BCUT2D eigenvalue weighted by Gasteiger charge is -2.30. The van der Waals surface area contributed by atoms with Crippen LogP contribution in [0.15, 0.2) is 11.6 Å². The minimum Gasteiger partial charge on any atom is -0.462 e. The normalized spacial score (nSPS) is 15.0. The Balaban J connectivity index is 2.33. The molecule has 0 atom stereocenters. The van der Waals surface area contributed by atoms with Gasteiger partial charge in [-0.25, -0.2) is 9.59 Å². The summed E-state index contributed by atoms with van der Waals surface area (Å²) >= 11 is 0. The van der Waals surface area contributed by atoms with E-state index < -0.39 is 17.5 Å². The Hall–Kier alpha value is -2.05. The molecule has 1 aliphatic heterocycles. The van der Waals surface area contributed by atoms with E-state index in [-0.39, 0.29) is 19.3 Å². The summed E-state index contributed by atoms with van der Waals surface area (Å²) in [4.78, 5) is 35.7. The van der Waals surface area contributed by atoms with Crippen LogP contribution in [0.1, 0.15) is 40.5 Å². The predicted octanol–water partition coefficient (Wildman–Crippen LogP) is 2.05. The highest BCUT2D eigenvalue weighted by atomic mass is 16.6. The van der Waals surface area contributed by atoms with Crippen LogP contribution in [-0.4, -0.2) is 54.8 Å². The Labute approximate surface area is 136 Å². The zero-order valence-corrected chi connectivity index (χ0v) is 14.2. The highest BCUT2D eigenvalue weighted by molar-refractivity contribution is 5.83. The molecule has 1 amide bonds. The van der Waals surface area contributed by atoms with Crippen molar-refractivity contribution in [3.63, 3.8) is 0 Å². The van der Waals surface area contributed by atoms with Crippen LogP contribution in [0.2, 0.25) is 0 Å². The minimum absolute atomic E-state index is 0.0340. The number of ether oxygens (including phenoxy) is 3. The Bertz CT molecular complexity index is 467. The molecule has 1 fully saturated rings. The smallest absolute Gasteiger partial charge is 0.410 e. The SMILES string of the molecule is CC(=O)OCCOC(=O)C=C1CCN(C(=O)OC(C)(C)C)CC1. The largest absolute Gasteiger partial charge is 0.462 e. The van der Waals surface area contributed by atoms with Crippen molar-refractivity contribution in [2.24, 2.45) is 0 Å². The summed E-state index contributed by atoms with van der Waals surface area (Å²) in [6.07, 6.45) is 2.33. The first-order valence-electron chi connectivity index (χ1n) is 7.65. The van der Waals surface area contributed by atoms with Crippen molar-refractivity contribution >= 4 is 18.0 Å². The zero-order chi connectivity index (χ0) is 17.5. The molecule has 1 heterocycles. The quantitative estimate of drug-likeness (QED) is 0.340. The highest BCUT2D eigenvalue weighted by Gasteiger charge is 2.24. The first kappa shape index (κ1) is 19.0. The molecule has 0 bridgehead atoms. The van der Waals surface area contributed by atoms with Gasteiger partial charge in [0.1, 0.15) is 18.8 Å². The fourth-order valence-electron chi connectivity index (χ4n) is 1.98. The third kappa shape index (κ3) is 8.23. The molecular formula is C16H25NO6. The number of carbonyl (C=O) groups excluding carboxylic acids is 3. The molecule has 0 saturated carbocycles. The lowest BCUT2D eigenvalue weighted by Crippen LogP contribution is -2.40. The van der Waals surface area contributed by atoms with E-state index in [0.717, 1.165) is 5.57 Å². The topological polar surface area (TPSA) is 82.1 Å². The van der Waals surface area contributed by atoms with Crippen molar-refractivity contribution in [2.45, 2.75) is 46.1 Å². The molecular weight excluding hydrogens is 302 g/mol. The van der Waals surface area contributed by atoms with Gasteiger partial charge in [0.05, 0.1) is 0 Å². The van der Waals surface area contributed by atoms with Crippen LogP contribution >= 0.6 is 0 Å². The summed E-state index contributed by atoms with van der Waals surface area (Å²) in [6.45, 7) is 7.89. The maximum atomic E-state index is 11.9. The van der Waals surface area contributed by atoms with E-state index in [4.69, 9.17) is 9.47 Å². The van der Waals surface area contributed by atoms with Gasteiger partial charge in [-0.15, -0.1) is 0 Å². The van der Waals surface area contributed by atoms with E-state index in [1.54, 1.807) is 4.90 Å². The first-order chi connectivity index (χ1) is 10.7. The van der Waals surface area contributed by atoms with Crippen molar-refractivity contribution in [3.05, 3.63) is 11.6 Å². The molecule has 7 nitrogen and oxygen atoms in total. The van der Waals surface area contributed by atoms with Gasteiger partial charge in [-0.2, -0.15) is 0 Å². The molecule has 7 heteroatoms. The predicted molar refractivity (Wildman–Crippen MR) is 82.7 cm³/mol. The summed E-state index contributed by atoms with van der Waals surface area (Å²) in [6, 6.07) is 0. The maximum Gasteiger partial charge on any atom is 0.410 e. The number of rotatable bonds is 4. The highest BCUT2D eigenvalue weighted by Crippen LogP contribution is 2.19. The average Bonchev–Trinajstić information content (AvgIpc) is 2.42. The molecule has 0 radical (unpaired) electrons. The third-order valence-electron chi connectivity index (χ3n) is 3.01. The number of likely N-dealkylation sites (tertiary alicyclic amines) is 1. The Morgan fingerprint density at radius 3 is 2.17 bits per heavy atom. The molecule has 0 aliphatic carbocycles. The molecule has 0 spiro atoms. The number of amides is 1. The fourth-order valence-corrected chi connectivity index (χ4v) is 1.98. The van der Waals surface area contributed by atoms with E-state index >= 15 is 0 Å². The van der Waals surface area contributed by atoms with Crippen LogP contribution in [0.3, 0.4) is 0 Å². The molecule has 0 aromatic carbocycles. The summed E-state index contributed by atoms with van der Waals surface area (Å²) in [5, 5.41) is 0. The van der Waals surface area contributed by atoms with E-state index in [0.29, 0.717) is 25.9 Å².